The number of amides is 1. The summed E-state index contributed by atoms with van der Waals surface area (Å²) in [6.07, 6.45) is 1.45. The van der Waals surface area contributed by atoms with Gasteiger partial charge in [-0.25, -0.2) is 4.98 Å². The fourth-order valence-electron chi connectivity index (χ4n) is 3.89. The molecule has 29 heavy (non-hydrogen) atoms. The summed E-state index contributed by atoms with van der Waals surface area (Å²) >= 11 is 13.3. The summed E-state index contributed by atoms with van der Waals surface area (Å²) in [5, 5.41) is 15.7. The Hall–Kier alpha value is -1.17. The van der Waals surface area contributed by atoms with Crippen LogP contribution in [0.5, 0.6) is 0 Å². The van der Waals surface area contributed by atoms with Crippen molar-refractivity contribution >= 4 is 51.5 Å². The zero-order chi connectivity index (χ0) is 20.2. The number of rotatable bonds is 6. The van der Waals surface area contributed by atoms with Crippen molar-refractivity contribution in [3.63, 3.8) is 0 Å². The molecule has 1 unspecified atom stereocenters. The van der Waals surface area contributed by atoms with E-state index in [-0.39, 0.29) is 46.4 Å². The minimum Gasteiger partial charge on any atom is -0.544 e. The van der Waals surface area contributed by atoms with Crippen molar-refractivity contribution in [1.82, 2.24) is 15.3 Å². The number of nitrogens with zero attached hydrogens (tertiary/aromatic N) is 2. The van der Waals surface area contributed by atoms with E-state index in [1.54, 1.807) is 6.92 Å². The summed E-state index contributed by atoms with van der Waals surface area (Å²) in [5.41, 5.74) is 1.55. The third kappa shape index (κ3) is 4.06. The van der Waals surface area contributed by atoms with Crippen molar-refractivity contribution in [2.45, 2.75) is 32.7 Å². The maximum Gasteiger partial charge on any atom is 1.00 e. The predicted octanol–water partition coefficient (Wildman–Crippen LogP) is -0.729. The van der Waals surface area contributed by atoms with Gasteiger partial charge in [0.05, 0.1) is 26.6 Å². The van der Waals surface area contributed by atoms with Gasteiger partial charge in [-0.1, -0.05) is 47.9 Å². The molecule has 2 fully saturated rings. The van der Waals surface area contributed by atoms with Crippen LogP contribution in [0.15, 0.2) is 0 Å². The van der Waals surface area contributed by atoms with Crippen LogP contribution in [0.1, 0.15) is 44.9 Å². The third-order valence-electron chi connectivity index (χ3n) is 5.40. The number of anilines is 1. The zero-order valence-electron chi connectivity index (χ0n) is 16.3. The third-order valence-corrected chi connectivity index (χ3v) is 7.49. The first-order valence-corrected chi connectivity index (χ1v) is 10.7. The van der Waals surface area contributed by atoms with Gasteiger partial charge in [0.15, 0.2) is 5.13 Å². The van der Waals surface area contributed by atoms with Crippen LogP contribution in [-0.4, -0.2) is 41.0 Å². The molecular weight excluding hydrogens is 430 g/mol. The van der Waals surface area contributed by atoms with E-state index in [2.05, 4.69) is 20.2 Å². The summed E-state index contributed by atoms with van der Waals surface area (Å²) in [7, 11) is 0. The molecule has 2 aromatic rings. The van der Waals surface area contributed by atoms with E-state index < -0.39 is 5.97 Å². The Morgan fingerprint density at radius 3 is 2.48 bits per heavy atom. The molecule has 2 aliphatic rings. The Kier molecular flexibility index (Phi) is 6.61. The average Bonchev–Trinajstić information content (AvgIpc) is 3.04. The van der Waals surface area contributed by atoms with Crippen molar-refractivity contribution in [1.29, 1.82) is 0 Å². The van der Waals surface area contributed by atoms with Gasteiger partial charge >= 0.3 is 18.9 Å². The smallest absolute Gasteiger partial charge is 0.544 e. The molecule has 3 heterocycles. The van der Waals surface area contributed by atoms with Crippen molar-refractivity contribution in [3.8, 4) is 0 Å². The number of aromatic carboxylic acids is 1. The summed E-state index contributed by atoms with van der Waals surface area (Å²) in [5.74, 6) is -0.790. The second-order valence-corrected chi connectivity index (χ2v) is 9.03. The summed E-state index contributed by atoms with van der Waals surface area (Å²) in [4.78, 5) is 33.6. The van der Waals surface area contributed by atoms with Gasteiger partial charge in [0, 0.05) is 36.7 Å². The molecule has 1 amide bonds. The second kappa shape index (κ2) is 8.52. The summed E-state index contributed by atoms with van der Waals surface area (Å²) < 4.78 is 0. The number of hydrogen-bond donors (Lipinski definition) is 2. The number of aromatic amines is 1. The zero-order valence-corrected chi connectivity index (χ0v) is 18.7. The monoisotopic (exact) mass is 448 g/mol. The fourth-order valence-corrected chi connectivity index (χ4v) is 5.27. The number of halogens is 2. The Bertz CT molecular complexity index is 951. The number of aromatic nitrogens is 2. The first-order chi connectivity index (χ1) is 13.3. The molecule has 2 N–H and O–H groups in total. The molecule has 1 saturated heterocycles. The van der Waals surface area contributed by atoms with E-state index in [1.165, 1.54) is 11.3 Å². The van der Waals surface area contributed by atoms with Gasteiger partial charge < -0.3 is 25.1 Å². The van der Waals surface area contributed by atoms with Crippen molar-refractivity contribution in [3.05, 3.63) is 32.0 Å². The largest absolute Gasteiger partial charge is 1.00 e. The second-order valence-electron chi connectivity index (χ2n) is 7.29. The van der Waals surface area contributed by atoms with Crippen LogP contribution in [0.4, 0.5) is 5.13 Å². The van der Waals surface area contributed by atoms with E-state index in [9.17, 15) is 14.7 Å². The molecule has 0 aromatic carbocycles. The Balaban J connectivity index is 0.00000240. The topological polar surface area (TPSA) is 101 Å². The number of carboxylic acid groups (broad SMARTS) is 1. The minimum absolute atomic E-state index is 0. The SMILES string of the molecule is CCCc1nc(N2C[C@@H]3C(NC(=O)c4[nH]c(C)c(Cl)c4Cl)[C@@H]3C2)sc1C(=O)[O-].[Li+]. The first-order valence-electron chi connectivity index (χ1n) is 9.12. The Labute approximate surface area is 194 Å². The number of carbonyl (C=O) groups excluding carboxylic acids is 2. The predicted molar refractivity (Wildman–Crippen MR) is 106 cm³/mol. The summed E-state index contributed by atoms with van der Waals surface area (Å²) in [6.45, 7) is 5.22. The molecule has 4 rings (SSSR count). The van der Waals surface area contributed by atoms with Crippen molar-refractivity contribution < 1.29 is 33.6 Å². The maximum absolute atomic E-state index is 12.5. The van der Waals surface area contributed by atoms with Crippen molar-refractivity contribution in [2.75, 3.05) is 18.0 Å². The number of carboxylic acids is 1. The maximum atomic E-state index is 12.5. The van der Waals surface area contributed by atoms with Crippen LogP contribution < -0.4 is 34.2 Å². The van der Waals surface area contributed by atoms with Crippen LogP contribution in [0.3, 0.4) is 0 Å². The van der Waals surface area contributed by atoms with E-state index in [4.69, 9.17) is 23.2 Å². The molecular formula is C18H19Cl2LiN4O3S. The number of carbonyl (C=O) groups is 2. The van der Waals surface area contributed by atoms with E-state index in [1.807, 2.05) is 6.92 Å². The number of aryl methyl sites for hydroxylation is 2. The Morgan fingerprint density at radius 2 is 1.97 bits per heavy atom. The number of fused-ring (bicyclic) bond motifs is 1. The number of hydrogen-bond acceptors (Lipinski definition) is 6. The molecule has 11 heteroatoms. The van der Waals surface area contributed by atoms with E-state index in [0.29, 0.717) is 34.7 Å². The number of piperidine rings is 1. The van der Waals surface area contributed by atoms with Crippen molar-refractivity contribution in [2.24, 2.45) is 11.8 Å². The van der Waals surface area contributed by atoms with Gasteiger partial charge in [0.1, 0.15) is 5.69 Å². The standard InChI is InChI=1S/C18H20Cl2N4O3S.Li/c1-3-4-10-15(17(26)27)28-18(22-10)24-5-8-9(6-24)13(8)23-16(25)14-12(20)11(19)7(2)21-14;/h8-9,13,21H,3-6H2,1-2H3,(H,23,25)(H,26,27);/q;+1/p-1/t8-,9+,13?;. The number of nitrogens with one attached hydrogen (secondary N) is 2. The molecule has 1 saturated carbocycles. The van der Waals surface area contributed by atoms with Gasteiger partial charge in [-0.3, -0.25) is 4.79 Å². The summed E-state index contributed by atoms with van der Waals surface area (Å²) in [6, 6.07) is 0.0814. The molecule has 150 valence electrons. The average molecular weight is 449 g/mol. The minimum atomic E-state index is -1.17. The van der Waals surface area contributed by atoms with Gasteiger partial charge in [-0.2, -0.15) is 0 Å². The van der Waals surface area contributed by atoms with Crippen LogP contribution in [-0.2, 0) is 6.42 Å². The van der Waals surface area contributed by atoms with Crippen LogP contribution in [0.25, 0.3) is 0 Å². The van der Waals surface area contributed by atoms with Gasteiger partial charge in [-0.05, 0) is 13.3 Å². The normalized spacial score (nSPS) is 22.2. The molecule has 0 spiro atoms. The fraction of sp³-hybridized carbons (Fsp3) is 0.500. The molecule has 1 aliphatic carbocycles. The van der Waals surface area contributed by atoms with Crippen LogP contribution in [0.2, 0.25) is 10.0 Å². The van der Waals surface area contributed by atoms with E-state index >= 15 is 0 Å². The molecule has 3 atom stereocenters. The number of thiazole rings is 1. The molecule has 1 aliphatic heterocycles. The first kappa shape index (κ1) is 22.5. The molecule has 2 aromatic heterocycles. The molecule has 7 nitrogen and oxygen atoms in total. The van der Waals surface area contributed by atoms with E-state index in [0.717, 1.165) is 24.6 Å². The quantitative estimate of drug-likeness (QED) is 0.567. The van der Waals surface area contributed by atoms with Gasteiger partial charge in [-0.15, -0.1) is 0 Å². The van der Waals surface area contributed by atoms with Gasteiger partial charge in [0.25, 0.3) is 5.91 Å². The molecule has 0 bridgehead atoms. The van der Waals surface area contributed by atoms with Gasteiger partial charge in [0.2, 0.25) is 0 Å². The van der Waals surface area contributed by atoms with Crippen LogP contribution in [0, 0.1) is 18.8 Å². The Morgan fingerprint density at radius 1 is 1.31 bits per heavy atom. The van der Waals surface area contributed by atoms with Crippen LogP contribution >= 0.6 is 34.5 Å². The number of H-pyrrole nitrogens is 1. The molecule has 0 radical (unpaired) electrons.